The third-order valence-corrected chi connectivity index (χ3v) is 6.17. The molecule has 0 fully saturated rings. The molecule has 0 aliphatic heterocycles. The van der Waals surface area contributed by atoms with Gasteiger partial charge in [-0.3, -0.25) is 4.79 Å². The largest absolute Gasteiger partial charge is 0.497 e. The van der Waals surface area contributed by atoms with Gasteiger partial charge >= 0.3 is 0 Å². The molecule has 8 heteroatoms. The fraction of sp³-hybridized carbons (Fsp3) is 0.172. The Balaban J connectivity index is 1.50. The van der Waals surface area contributed by atoms with Crippen molar-refractivity contribution in [2.24, 2.45) is 5.10 Å². The number of rotatable bonds is 10. The standard InChI is InChI=1S/C29H27BrN2O5/c1-4-36-27-13-19(17-31-32-29(33)22-14-23(34-2)16-24(15-22)35-3)12-26(30)28(27)37-18-21-10-7-9-20-8-5-6-11-25(20)21/h5-17H,4,18H2,1-3H3,(H,32,33)/b31-17-. The van der Waals surface area contributed by atoms with E-state index < -0.39 is 5.91 Å². The maximum Gasteiger partial charge on any atom is 0.271 e. The maximum atomic E-state index is 12.6. The molecule has 37 heavy (non-hydrogen) atoms. The van der Waals surface area contributed by atoms with Crippen molar-refractivity contribution in [1.29, 1.82) is 0 Å². The predicted molar refractivity (Wildman–Crippen MR) is 148 cm³/mol. The van der Waals surface area contributed by atoms with Crippen LogP contribution in [0.5, 0.6) is 23.0 Å². The second-order valence-electron chi connectivity index (χ2n) is 7.99. The predicted octanol–water partition coefficient (Wildman–Crippen LogP) is 6.36. The molecule has 0 aromatic heterocycles. The summed E-state index contributed by atoms with van der Waals surface area (Å²) in [5.74, 6) is 1.80. The minimum absolute atomic E-state index is 0.363. The number of hydrogen-bond donors (Lipinski definition) is 1. The Morgan fingerprint density at radius 2 is 1.68 bits per heavy atom. The van der Waals surface area contributed by atoms with Gasteiger partial charge in [-0.05, 0) is 69.0 Å². The van der Waals surface area contributed by atoms with Crippen molar-refractivity contribution in [3.63, 3.8) is 0 Å². The van der Waals surface area contributed by atoms with Crippen LogP contribution in [0, 0.1) is 0 Å². The van der Waals surface area contributed by atoms with Crippen LogP contribution in [0.1, 0.15) is 28.4 Å². The molecule has 0 spiro atoms. The molecule has 4 aromatic carbocycles. The molecule has 4 rings (SSSR count). The highest BCUT2D eigenvalue weighted by Crippen LogP contribution is 2.37. The summed E-state index contributed by atoms with van der Waals surface area (Å²) in [7, 11) is 3.05. The number of carbonyl (C=O) groups is 1. The molecule has 0 radical (unpaired) electrons. The summed E-state index contributed by atoms with van der Waals surface area (Å²) < 4.78 is 23.2. The van der Waals surface area contributed by atoms with E-state index >= 15 is 0 Å². The van der Waals surface area contributed by atoms with E-state index in [-0.39, 0.29) is 0 Å². The molecule has 0 aliphatic rings. The molecule has 0 bridgehead atoms. The quantitative estimate of drug-likeness (QED) is 0.180. The fourth-order valence-electron chi connectivity index (χ4n) is 3.80. The first-order chi connectivity index (χ1) is 18.0. The highest BCUT2D eigenvalue weighted by Gasteiger charge is 2.14. The van der Waals surface area contributed by atoms with E-state index in [1.807, 2.05) is 37.3 Å². The summed E-state index contributed by atoms with van der Waals surface area (Å²) in [4.78, 5) is 12.6. The van der Waals surface area contributed by atoms with Crippen LogP contribution in [-0.4, -0.2) is 32.9 Å². The summed E-state index contributed by atoms with van der Waals surface area (Å²) in [6.45, 7) is 2.76. The lowest BCUT2D eigenvalue weighted by atomic mass is 10.1. The monoisotopic (exact) mass is 562 g/mol. The third kappa shape index (κ3) is 6.40. The van der Waals surface area contributed by atoms with E-state index in [0.717, 1.165) is 21.9 Å². The summed E-state index contributed by atoms with van der Waals surface area (Å²) >= 11 is 3.60. The SMILES string of the molecule is CCOc1cc(/C=N\NC(=O)c2cc(OC)cc(OC)c2)cc(Br)c1OCc1cccc2ccccc12. The van der Waals surface area contributed by atoms with Gasteiger partial charge < -0.3 is 18.9 Å². The first-order valence-electron chi connectivity index (χ1n) is 11.6. The summed E-state index contributed by atoms with van der Waals surface area (Å²) in [6.07, 6.45) is 1.54. The number of fused-ring (bicyclic) bond motifs is 1. The van der Waals surface area contributed by atoms with Crippen LogP contribution in [0.2, 0.25) is 0 Å². The van der Waals surface area contributed by atoms with Crippen LogP contribution in [0.3, 0.4) is 0 Å². The Hall–Kier alpha value is -4.04. The van der Waals surface area contributed by atoms with E-state index in [4.69, 9.17) is 18.9 Å². The maximum absolute atomic E-state index is 12.6. The number of methoxy groups -OCH3 is 2. The molecule has 4 aromatic rings. The Morgan fingerprint density at radius 3 is 2.41 bits per heavy atom. The van der Waals surface area contributed by atoms with Crippen molar-refractivity contribution in [1.82, 2.24) is 5.43 Å². The van der Waals surface area contributed by atoms with Crippen LogP contribution in [-0.2, 0) is 6.61 Å². The average Bonchev–Trinajstić information content (AvgIpc) is 2.92. The second-order valence-corrected chi connectivity index (χ2v) is 8.84. The highest BCUT2D eigenvalue weighted by atomic mass is 79.9. The van der Waals surface area contributed by atoms with E-state index in [9.17, 15) is 4.79 Å². The first-order valence-corrected chi connectivity index (χ1v) is 12.4. The van der Waals surface area contributed by atoms with Gasteiger partial charge in [0.2, 0.25) is 0 Å². The third-order valence-electron chi connectivity index (χ3n) is 5.58. The number of hydrogen-bond acceptors (Lipinski definition) is 6. The van der Waals surface area contributed by atoms with E-state index in [0.29, 0.717) is 46.2 Å². The van der Waals surface area contributed by atoms with Crippen LogP contribution in [0.4, 0.5) is 0 Å². The number of amides is 1. The molecular formula is C29H27BrN2O5. The zero-order valence-corrected chi connectivity index (χ0v) is 22.4. The number of halogens is 1. The van der Waals surface area contributed by atoms with Crippen LogP contribution in [0.15, 0.2) is 82.4 Å². The van der Waals surface area contributed by atoms with Gasteiger partial charge in [0.15, 0.2) is 11.5 Å². The van der Waals surface area contributed by atoms with Crippen molar-refractivity contribution in [2.75, 3.05) is 20.8 Å². The summed E-state index contributed by atoms with van der Waals surface area (Å²) in [6, 6.07) is 22.9. The molecule has 0 aliphatic carbocycles. The van der Waals surface area contributed by atoms with Crippen molar-refractivity contribution in [3.8, 4) is 23.0 Å². The molecule has 7 nitrogen and oxygen atoms in total. The molecular weight excluding hydrogens is 536 g/mol. The minimum Gasteiger partial charge on any atom is -0.497 e. The Kier molecular flexibility index (Phi) is 8.64. The lowest BCUT2D eigenvalue weighted by Gasteiger charge is -2.15. The number of hydrazone groups is 1. The van der Waals surface area contributed by atoms with Crippen LogP contribution < -0.4 is 24.4 Å². The molecule has 0 saturated heterocycles. The van der Waals surface area contributed by atoms with E-state index in [1.54, 1.807) is 18.2 Å². The Bertz CT molecular complexity index is 1410. The van der Waals surface area contributed by atoms with E-state index in [1.165, 1.54) is 20.4 Å². The van der Waals surface area contributed by atoms with Gasteiger partial charge in [-0.1, -0.05) is 42.5 Å². The van der Waals surface area contributed by atoms with Crippen molar-refractivity contribution in [3.05, 3.63) is 94.0 Å². The molecule has 0 unspecified atom stereocenters. The molecule has 1 amide bonds. The van der Waals surface area contributed by atoms with Crippen molar-refractivity contribution < 1.29 is 23.7 Å². The lowest BCUT2D eigenvalue weighted by Crippen LogP contribution is -2.17. The van der Waals surface area contributed by atoms with Crippen LogP contribution >= 0.6 is 15.9 Å². The zero-order valence-electron chi connectivity index (χ0n) is 20.8. The number of nitrogens with one attached hydrogen (secondary N) is 1. The number of ether oxygens (including phenoxy) is 4. The summed E-state index contributed by atoms with van der Waals surface area (Å²) in [5.41, 5.74) is 4.69. The zero-order chi connectivity index (χ0) is 26.2. The van der Waals surface area contributed by atoms with Gasteiger partial charge in [0, 0.05) is 11.6 Å². The average molecular weight is 563 g/mol. The number of carbonyl (C=O) groups excluding carboxylic acids is 1. The second kappa shape index (κ2) is 12.3. The number of nitrogens with zero attached hydrogens (tertiary/aromatic N) is 1. The highest BCUT2D eigenvalue weighted by molar-refractivity contribution is 9.10. The smallest absolute Gasteiger partial charge is 0.271 e. The van der Waals surface area contributed by atoms with E-state index in [2.05, 4.69) is 50.7 Å². The Morgan fingerprint density at radius 1 is 0.946 bits per heavy atom. The van der Waals surface area contributed by atoms with Crippen LogP contribution in [0.25, 0.3) is 10.8 Å². The normalized spacial score (nSPS) is 10.9. The topological polar surface area (TPSA) is 78.4 Å². The lowest BCUT2D eigenvalue weighted by molar-refractivity contribution is 0.0954. The van der Waals surface area contributed by atoms with Gasteiger partial charge in [0.25, 0.3) is 5.91 Å². The molecule has 1 N–H and O–H groups in total. The molecule has 0 heterocycles. The van der Waals surface area contributed by atoms with Gasteiger partial charge in [-0.15, -0.1) is 0 Å². The van der Waals surface area contributed by atoms with Gasteiger partial charge in [-0.25, -0.2) is 5.43 Å². The van der Waals surface area contributed by atoms with Crippen molar-refractivity contribution >= 4 is 38.8 Å². The van der Waals surface area contributed by atoms with Gasteiger partial charge in [0.1, 0.15) is 18.1 Å². The van der Waals surface area contributed by atoms with Gasteiger partial charge in [-0.2, -0.15) is 5.10 Å². The Labute approximate surface area is 224 Å². The first kappa shape index (κ1) is 26.0. The molecule has 190 valence electrons. The molecule has 0 saturated carbocycles. The molecule has 0 atom stereocenters. The van der Waals surface area contributed by atoms with Crippen molar-refractivity contribution in [2.45, 2.75) is 13.5 Å². The fourth-order valence-corrected chi connectivity index (χ4v) is 4.38. The van der Waals surface area contributed by atoms with Gasteiger partial charge in [0.05, 0.1) is 31.5 Å². The summed E-state index contributed by atoms with van der Waals surface area (Å²) in [5, 5.41) is 6.41. The minimum atomic E-state index is -0.396. The number of benzene rings is 4.